The van der Waals surface area contributed by atoms with Crippen molar-refractivity contribution in [3.05, 3.63) is 28.2 Å². The fourth-order valence-corrected chi connectivity index (χ4v) is 1.74. The Balaban J connectivity index is 2.35. The zero-order valence-corrected chi connectivity index (χ0v) is 12.7. The lowest BCUT2D eigenvalue weighted by atomic mass is 10.2. The molecule has 0 radical (unpaired) electrons. The number of nitriles is 1. The molecule has 0 saturated heterocycles. The molecule has 1 aromatic rings. The molecule has 19 heavy (non-hydrogen) atoms. The fourth-order valence-electron chi connectivity index (χ4n) is 1.50. The van der Waals surface area contributed by atoms with E-state index in [0.29, 0.717) is 26.0 Å². The maximum absolute atomic E-state index is 11.7. The molecule has 0 aliphatic heterocycles. The van der Waals surface area contributed by atoms with Crippen molar-refractivity contribution in [2.45, 2.75) is 19.8 Å². The summed E-state index contributed by atoms with van der Waals surface area (Å²) in [5.74, 6) is 0.747. The van der Waals surface area contributed by atoms with Crippen LogP contribution in [-0.2, 0) is 4.79 Å². The predicted octanol–water partition coefficient (Wildman–Crippen LogP) is 2.90. The van der Waals surface area contributed by atoms with E-state index in [2.05, 4.69) is 15.9 Å². The minimum Gasteiger partial charge on any atom is -0.493 e. The molecule has 1 amide bonds. The monoisotopic (exact) mass is 324 g/mol. The SMILES string of the molecule is Cc1cc(OCCC(=O)N(C)CCC#N)ccc1Br. The molecule has 1 aromatic carbocycles. The van der Waals surface area contributed by atoms with E-state index in [1.165, 1.54) is 0 Å². The lowest BCUT2D eigenvalue weighted by Crippen LogP contribution is -2.28. The second kappa shape index (κ2) is 7.80. The Morgan fingerprint density at radius 2 is 2.26 bits per heavy atom. The standard InChI is InChI=1S/C14H17BrN2O2/c1-11-10-12(4-5-13(11)15)19-9-6-14(18)17(2)8-3-7-16/h4-5,10H,3,6,8-9H2,1-2H3. The first-order valence-electron chi connectivity index (χ1n) is 6.04. The molecule has 5 heteroatoms. The number of hydrogen-bond donors (Lipinski definition) is 0. The number of halogens is 1. The Bertz CT molecular complexity index is 483. The van der Waals surface area contributed by atoms with Crippen LogP contribution in [0, 0.1) is 18.3 Å². The third-order valence-electron chi connectivity index (χ3n) is 2.70. The van der Waals surface area contributed by atoms with Crippen LogP contribution in [0.4, 0.5) is 0 Å². The van der Waals surface area contributed by atoms with Gasteiger partial charge in [0.15, 0.2) is 0 Å². The highest BCUT2D eigenvalue weighted by Crippen LogP contribution is 2.21. The molecular weight excluding hydrogens is 308 g/mol. The molecule has 0 N–H and O–H groups in total. The summed E-state index contributed by atoms with van der Waals surface area (Å²) >= 11 is 3.42. The largest absolute Gasteiger partial charge is 0.493 e. The summed E-state index contributed by atoms with van der Waals surface area (Å²) in [6.07, 6.45) is 0.673. The second-order valence-electron chi connectivity index (χ2n) is 4.23. The molecule has 0 fully saturated rings. The smallest absolute Gasteiger partial charge is 0.225 e. The summed E-state index contributed by atoms with van der Waals surface area (Å²) < 4.78 is 6.57. The number of carbonyl (C=O) groups excluding carboxylic acids is 1. The van der Waals surface area contributed by atoms with Gasteiger partial charge in [0.2, 0.25) is 5.91 Å². The quantitative estimate of drug-likeness (QED) is 0.808. The average molecular weight is 325 g/mol. The zero-order chi connectivity index (χ0) is 14.3. The van der Waals surface area contributed by atoms with Crippen molar-refractivity contribution in [2.75, 3.05) is 20.2 Å². The first-order valence-corrected chi connectivity index (χ1v) is 6.83. The van der Waals surface area contributed by atoms with Gasteiger partial charge in [-0.15, -0.1) is 0 Å². The van der Waals surface area contributed by atoms with Crippen LogP contribution in [0.15, 0.2) is 22.7 Å². The molecule has 1 rings (SSSR count). The molecule has 0 aromatic heterocycles. The number of hydrogen-bond acceptors (Lipinski definition) is 3. The molecule has 0 heterocycles. The van der Waals surface area contributed by atoms with Crippen molar-refractivity contribution in [3.63, 3.8) is 0 Å². The first-order chi connectivity index (χ1) is 9.04. The van der Waals surface area contributed by atoms with Crippen LogP contribution in [-0.4, -0.2) is 31.0 Å². The van der Waals surface area contributed by atoms with Gasteiger partial charge in [0.1, 0.15) is 5.75 Å². The van der Waals surface area contributed by atoms with Crippen molar-refractivity contribution >= 4 is 21.8 Å². The molecule has 0 saturated carbocycles. The van der Waals surface area contributed by atoms with Crippen molar-refractivity contribution < 1.29 is 9.53 Å². The number of amides is 1. The lowest BCUT2D eigenvalue weighted by molar-refractivity contribution is -0.130. The molecule has 0 aliphatic carbocycles. The van der Waals surface area contributed by atoms with Gasteiger partial charge in [0.25, 0.3) is 0 Å². The third-order valence-corrected chi connectivity index (χ3v) is 3.59. The maximum atomic E-state index is 11.7. The van der Waals surface area contributed by atoms with Gasteiger partial charge in [-0.3, -0.25) is 4.79 Å². The Labute approximate surface area is 122 Å². The normalized spacial score (nSPS) is 9.79. The predicted molar refractivity (Wildman–Crippen MR) is 76.9 cm³/mol. The highest BCUT2D eigenvalue weighted by atomic mass is 79.9. The number of benzene rings is 1. The van der Waals surface area contributed by atoms with E-state index in [9.17, 15) is 4.79 Å². The lowest BCUT2D eigenvalue weighted by Gasteiger charge is -2.15. The zero-order valence-electron chi connectivity index (χ0n) is 11.1. The summed E-state index contributed by atoms with van der Waals surface area (Å²) in [5.41, 5.74) is 1.09. The maximum Gasteiger partial charge on any atom is 0.225 e. The number of rotatable bonds is 6. The van der Waals surface area contributed by atoms with Crippen LogP contribution in [0.3, 0.4) is 0 Å². The molecule has 4 nitrogen and oxygen atoms in total. The van der Waals surface area contributed by atoms with Crippen molar-refractivity contribution in [3.8, 4) is 11.8 Å². The minimum absolute atomic E-state index is 0.0101. The summed E-state index contributed by atoms with van der Waals surface area (Å²) in [6, 6.07) is 7.73. The number of nitrogens with zero attached hydrogens (tertiary/aromatic N) is 2. The van der Waals surface area contributed by atoms with E-state index < -0.39 is 0 Å². The van der Waals surface area contributed by atoms with E-state index in [1.807, 2.05) is 31.2 Å². The van der Waals surface area contributed by atoms with E-state index in [0.717, 1.165) is 15.8 Å². The summed E-state index contributed by atoms with van der Waals surface area (Å²) in [6.45, 7) is 2.79. The van der Waals surface area contributed by atoms with Crippen LogP contribution in [0.2, 0.25) is 0 Å². The third kappa shape index (κ3) is 5.31. The van der Waals surface area contributed by atoms with Gasteiger partial charge in [-0.1, -0.05) is 15.9 Å². The van der Waals surface area contributed by atoms with Gasteiger partial charge in [0, 0.05) is 18.1 Å². The summed E-state index contributed by atoms with van der Waals surface area (Å²) in [5, 5.41) is 8.45. The average Bonchev–Trinajstić information content (AvgIpc) is 2.39. The Morgan fingerprint density at radius 3 is 2.89 bits per heavy atom. The van der Waals surface area contributed by atoms with Crippen molar-refractivity contribution in [1.82, 2.24) is 4.90 Å². The molecule has 0 atom stereocenters. The van der Waals surface area contributed by atoms with Gasteiger partial charge in [-0.05, 0) is 30.7 Å². The van der Waals surface area contributed by atoms with Gasteiger partial charge >= 0.3 is 0 Å². The van der Waals surface area contributed by atoms with Crippen LogP contribution in [0.5, 0.6) is 5.75 Å². The van der Waals surface area contributed by atoms with E-state index >= 15 is 0 Å². The van der Waals surface area contributed by atoms with Crippen LogP contribution in [0.25, 0.3) is 0 Å². The Kier molecular flexibility index (Phi) is 6.37. The summed E-state index contributed by atoms with van der Waals surface area (Å²) in [7, 11) is 1.70. The molecule has 0 bridgehead atoms. The van der Waals surface area contributed by atoms with Gasteiger partial charge in [-0.2, -0.15) is 5.26 Å². The molecular formula is C14H17BrN2O2. The highest BCUT2D eigenvalue weighted by molar-refractivity contribution is 9.10. The molecule has 0 spiro atoms. The van der Waals surface area contributed by atoms with Gasteiger partial charge in [-0.25, -0.2) is 0 Å². The first kappa shape index (κ1) is 15.5. The number of ether oxygens (including phenoxy) is 1. The van der Waals surface area contributed by atoms with Gasteiger partial charge in [0.05, 0.1) is 25.5 Å². The Morgan fingerprint density at radius 1 is 1.53 bits per heavy atom. The fraction of sp³-hybridized carbons (Fsp3) is 0.429. The summed E-state index contributed by atoms with van der Waals surface area (Å²) in [4.78, 5) is 13.2. The number of carbonyl (C=O) groups is 1. The minimum atomic E-state index is -0.0101. The van der Waals surface area contributed by atoms with Crippen LogP contribution < -0.4 is 4.74 Å². The van der Waals surface area contributed by atoms with E-state index in [4.69, 9.17) is 10.00 Å². The molecule has 0 aliphatic rings. The van der Waals surface area contributed by atoms with E-state index in [-0.39, 0.29) is 5.91 Å². The van der Waals surface area contributed by atoms with E-state index in [1.54, 1.807) is 11.9 Å². The Hall–Kier alpha value is -1.54. The van der Waals surface area contributed by atoms with Crippen molar-refractivity contribution in [2.24, 2.45) is 0 Å². The van der Waals surface area contributed by atoms with Crippen LogP contribution in [0.1, 0.15) is 18.4 Å². The highest BCUT2D eigenvalue weighted by Gasteiger charge is 2.08. The molecule has 0 unspecified atom stereocenters. The second-order valence-corrected chi connectivity index (χ2v) is 5.09. The molecule has 102 valence electrons. The van der Waals surface area contributed by atoms with Crippen LogP contribution >= 0.6 is 15.9 Å². The number of aryl methyl sites for hydroxylation is 1. The van der Waals surface area contributed by atoms with Crippen molar-refractivity contribution in [1.29, 1.82) is 5.26 Å². The topological polar surface area (TPSA) is 53.3 Å². The van der Waals surface area contributed by atoms with Gasteiger partial charge < -0.3 is 9.64 Å².